The van der Waals surface area contributed by atoms with Crippen molar-refractivity contribution in [3.05, 3.63) is 40.1 Å². The van der Waals surface area contributed by atoms with Crippen LogP contribution in [0.1, 0.15) is 18.2 Å². The Balaban J connectivity index is 2.36. The number of aryl methyl sites for hydroxylation is 2. The molecule has 1 aromatic carbocycles. The third-order valence-electron chi connectivity index (χ3n) is 2.72. The van der Waals surface area contributed by atoms with Crippen molar-refractivity contribution < 1.29 is 8.42 Å². The van der Waals surface area contributed by atoms with E-state index in [-0.39, 0.29) is 5.75 Å². The van der Waals surface area contributed by atoms with Crippen LogP contribution < -0.4 is 0 Å². The summed E-state index contributed by atoms with van der Waals surface area (Å²) in [7, 11) is -3.41. The minimum atomic E-state index is -3.41. The van der Waals surface area contributed by atoms with Gasteiger partial charge in [-0.2, -0.15) is 9.90 Å². The average Bonchev–Trinajstić information content (AvgIpc) is 2.70. The Kier molecular flexibility index (Phi) is 4.05. The van der Waals surface area contributed by atoms with Gasteiger partial charge in [-0.05, 0) is 41.4 Å². The average molecular weight is 344 g/mol. The molecular weight excluding hydrogens is 330 g/mol. The molecule has 19 heavy (non-hydrogen) atoms. The highest BCUT2D eigenvalue weighted by atomic mass is 79.9. The maximum absolute atomic E-state index is 12.4. The van der Waals surface area contributed by atoms with Crippen LogP contribution in [-0.4, -0.2) is 23.4 Å². The monoisotopic (exact) mass is 343 g/mol. The molecule has 0 atom stereocenters. The van der Waals surface area contributed by atoms with Gasteiger partial charge in [-0.25, -0.2) is 8.42 Å². The van der Waals surface area contributed by atoms with E-state index in [1.165, 1.54) is 4.80 Å². The van der Waals surface area contributed by atoms with Crippen molar-refractivity contribution in [2.75, 3.05) is 0 Å². The first kappa shape index (κ1) is 14.2. The van der Waals surface area contributed by atoms with Gasteiger partial charge in [-0.15, -0.1) is 5.10 Å². The fraction of sp³-hybridized carbons (Fsp3) is 0.333. The van der Waals surface area contributed by atoms with Gasteiger partial charge < -0.3 is 0 Å². The third-order valence-corrected chi connectivity index (χ3v) is 5.11. The number of rotatable bonds is 4. The second kappa shape index (κ2) is 5.42. The van der Waals surface area contributed by atoms with Crippen molar-refractivity contribution >= 4 is 25.8 Å². The lowest BCUT2D eigenvalue weighted by molar-refractivity contribution is 0.562. The van der Waals surface area contributed by atoms with Crippen LogP contribution in [0, 0.1) is 6.92 Å². The van der Waals surface area contributed by atoms with Crippen molar-refractivity contribution in [1.82, 2.24) is 15.0 Å². The SMILES string of the molecule is CCn1nc(Br)c(CS(=O)(=O)c2ccccc2C)n1. The van der Waals surface area contributed by atoms with Crippen molar-refractivity contribution in [3.8, 4) is 0 Å². The van der Waals surface area contributed by atoms with E-state index in [0.29, 0.717) is 21.7 Å². The van der Waals surface area contributed by atoms with Crippen LogP contribution in [0.5, 0.6) is 0 Å². The van der Waals surface area contributed by atoms with E-state index in [1.807, 2.05) is 13.0 Å². The molecule has 1 heterocycles. The zero-order valence-corrected chi connectivity index (χ0v) is 13.1. The van der Waals surface area contributed by atoms with Crippen molar-refractivity contribution in [3.63, 3.8) is 0 Å². The Morgan fingerprint density at radius 2 is 1.95 bits per heavy atom. The van der Waals surface area contributed by atoms with E-state index >= 15 is 0 Å². The van der Waals surface area contributed by atoms with Crippen LogP contribution in [0.3, 0.4) is 0 Å². The van der Waals surface area contributed by atoms with E-state index in [1.54, 1.807) is 25.1 Å². The number of nitrogens with zero attached hydrogens (tertiary/aromatic N) is 3. The highest BCUT2D eigenvalue weighted by molar-refractivity contribution is 9.10. The zero-order chi connectivity index (χ0) is 14.0. The fourth-order valence-corrected chi connectivity index (χ4v) is 3.90. The maximum atomic E-state index is 12.4. The van der Waals surface area contributed by atoms with Gasteiger partial charge in [0.25, 0.3) is 0 Å². The minimum Gasteiger partial charge on any atom is -0.223 e. The summed E-state index contributed by atoms with van der Waals surface area (Å²) in [6, 6.07) is 6.93. The number of aromatic nitrogens is 3. The molecule has 7 heteroatoms. The predicted octanol–water partition coefficient (Wildman–Crippen LogP) is 2.34. The first-order valence-electron chi connectivity index (χ1n) is 5.82. The quantitative estimate of drug-likeness (QED) is 0.854. The molecule has 102 valence electrons. The maximum Gasteiger partial charge on any atom is 0.184 e. The lowest BCUT2D eigenvalue weighted by atomic mass is 10.2. The molecule has 0 radical (unpaired) electrons. The normalized spacial score (nSPS) is 11.7. The zero-order valence-electron chi connectivity index (χ0n) is 10.7. The van der Waals surface area contributed by atoms with Crippen LogP contribution in [0.4, 0.5) is 0 Å². The van der Waals surface area contributed by atoms with Crippen molar-refractivity contribution in [1.29, 1.82) is 0 Å². The number of hydrogen-bond donors (Lipinski definition) is 0. The van der Waals surface area contributed by atoms with Gasteiger partial charge in [-0.1, -0.05) is 18.2 Å². The van der Waals surface area contributed by atoms with Crippen molar-refractivity contribution in [2.24, 2.45) is 0 Å². The van der Waals surface area contributed by atoms with Gasteiger partial charge in [0.1, 0.15) is 11.4 Å². The number of hydrogen-bond acceptors (Lipinski definition) is 4. The molecule has 0 aliphatic rings. The molecule has 0 amide bonds. The molecule has 0 unspecified atom stereocenters. The van der Waals surface area contributed by atoms with E-state index in [0.717, 1.165) is 5.56 Å². The summed E-state index contributed by atoms with van der Waals surface area (Å²) >= 11 is 3.24. The summed E-state index contributed by atoms with van der Waals surface area (Å²) in [5.74, 6) is -0.154. The summed E-state index contributed by atoms with van der Waals surface area (Å²) in [6.07, 6.45) is 0. The summed E-state index contributed by atoms with van der Waals surface area (Å²) in [5, 5.41) is 8.24. The molecule has 2 rings (SSSR count). The smallest absolute Gasteiger partial charge is 0.184 e. The Bertz CT molecular complexity index is 695. The highest BCUT2D eigenvalue weighted by Gasteiger charge is 2.21. The van der Waals surface area contributed by atoms with Gasteiger partial charge in [0.15, 0.2) is 14.4 Å². The summed E-state index contributed by atoms with van der Waals surface area (Å²) < 4.78 is 25.2. The van der Waals surface area contributed by atoms with Crippen LogP contribution in [0.15, 0.2) is 33.8 Å². The molecule has 0 N–H and O–H groups in total. The van der Waals surface area contributed by atoms with E-state index in [4.69, 9.17) is 0 Å². The van der Waals surface area contributed by atoms with Crippen LogP contribution >= 0.6 is 15.9 Å². The second-order valence-corrected chi connectivity index (χ2v) is 6.86. The van der Waals surface area contributed by atoms with Crippen LogP contribution in [-0.2, 0) is 22.1 Å². The molecule has 2 aromatic rings. The van der Waals surface area contributed by atoms with Gasteiger partial charge in [0, 0.05) is 0 Å². The van der Waals surface area contributed by atoms with E-state index < -0.39 is 9.84 Å². The van der Waals surface area contributed by atoms with Gasteiger partial charge in [0.2, 0.25) is 0 Å². The molecule has 0 aliphatic heterocycles. The Labute approximate surface area is 120 Å². The standard InChI is InChI=1S/C12H14BrN3O2S/c1-3-16-14-10(12(13)15-16)8-19(17,18)11-7-5-4-6-9(11)2/h4-7H,3,8H2,1-2H3. The molecular formula is C12H14BrN3O2S. The first-order valence-corrected chi connectivity index (χ1v) is 8.26. The molecule has 0 spiro atoms. The lowest BCUT2D eigenvalue weighted by Crippen LogP contribution is -2.08. The molecule has 0 fully saturated rings. The number of benzene rings is 1. The lowest BCUT2D eigenvalue weighted by Gasteiger charge is -2.05. The molecule has 0 aliphatic carbocycles. The Morgan fingerprint density at radius 1 is 1.26 bits per heavy atom. The Morgan fingerprint density at radius 3 is 2.53 bits per heavy atom. The van der Waals surface area contributed by atoms with Crippen molar-refractivity contribution in [2.45, 2.75) is 31.0 Å². The first-order chi connectivity index (χ1) is 8.94. The number of halogens is 1. The third kappa shape index (κ3) is 3.03. The Hall–Kier alpha value is -1.21. The minimum absolute atomic E-state index is 0.154. The van der Waals surface area contributed by atoms with E-state index in [9.17, 15) is 8.42 Å². The topological polar surface area (TPSA) is 64.8 Å². The van der Waals surface area contributed by atoms with Gasteiger partial charge in [-0.3, -0.25) is 0 Å². The molecule has 1 aromatic heterocycles. The second-order valence-electron chi connectivity index (χ2n) is 4.15. The molecule has 0 saturated heterocycles. The van der Waals surface area contributed by atoms with Gasteiger partial charge >= 0.3 is 0 Å². The largest absolute Gasteiger partial charge is 0.223 e. The fourth-order valence-electron chi connectivity index (χ4n) is 1.75. The van der Waals surface area contributed by atoms with Crippen LogP contribution in [0.2, 0.25) is 0 Å². The van der Waals surface area contributed by atoms with E-state index in [2.05, 4.69) is 26.1 Å². The summed E-state index contributed by atoms with van der Waals surface area (Å²) in [6.45, 7) is 4.28. The highest BCUT2D eigenvalue weighted by Crippen LogP contribution is 2.22. The number of sulfone groups is 1. The van der Waals surface area contributed by atoms with Gasteiger partial charge in [0.05, 0.1) is 11.4 Å². The molecule has 0 saturated carbocycles. The van der Waals surface area contributed by atoms with Crippen LogP contribution in [0.25, 0.3) is 0 Å². The molecule has 5 nitrogen and oxygen atoms in total. The predicted molar refractivity (Wildman–Crippen MR) is 75.5 cm³/mol. The summed E-state index contributed by atoms with van der Waals surface area (Å²) in [4.78, 5) is 1.81. The molecule has 0 bridgehead atoms. The summed E-state index contributed by atoms with van der Waals surface area (Å²) in [5.41, 5.74) is 1.17.